The Balaban J connectivity index is 0.935. The van der Waals surface area contributed by atoms with Crippen molar-refractivity contribution in [1.82, 2.24) is 29.5 Å². The molecular formula is C55H36N6. The molecule has 0 aliphatic heterocycles. The summed E-state index contributed by atoms with van der Waals surface area (Å²) >= 11 is 0. The Hall–Kier alpha value is -8.35. The first-order valence-electron chi connectivity index (χ1n) is 20.3. The molecule has 0 saturated carbocycles. The van der Waals surface area contributed by atoms with E-state index in [1.807, 2.05) is 60.9 Å². The van der Waals surface area contributed by atoms with Gasteiger partial charge >= 0.3 is 0 Å². The van der Waals surface area contributed by atoms with Gasteiger partial charge in [-0.3, -0.25) is 9.97 Å². The van der Waals surface area contributed by atoms with Crippen LogP contribution in [-0.4, -0.2) is 29.5 Å². The summed E-state index contributed by atoms with van der Waals surface area (Å²) in [5, 5.41) is 2.43. The zero-order valence-electron chi connectivity index (χ0n) is 33.0. The van der Waals surface area contributed by atoms with Crippen LogP contribution in [0.25, 0.3) is 106 Å². The summed E-state index contributed by atoms with van der Waals surface area (Å²) in [5.74, 6) is 0.676. The lowest BCUT2D eigenvalue weighted by Crippen LogP contribution is -1.98. The third kappa shape index (κ3) is 6.92. The van der Waals surface area contributed by atoms with Crippen molar-refractivity contribution in [1.29, 1.82) is 0 Å². The maximum absolute atomic E-state index is 5.20. The van der Waals surface area contributed by atoms with Crippen LogP contribution < -0.4 is 0 Å². The fourth-order valence-corrected chi connectivity index (χ4v) is 8.11. The molecule has 0 aliphatic carbocycles. The first-order valence-corrected chi connectivity index (χ1v) is 20.3. The number of rotatable bonds is 8. The number of nitrogens with zero attached hydrogens (tertiary/aromatic N) is 6. The standard InChI is InChI=1S/C55H36N6/c1-4-14-37(15-5-1)43-32-51(58-52(33-43)50-34-44(30-31-56-50)61-53-22-12-10-20-45(53)46-21-11-13-23-54(46)61)47-29-28-42(36-57-47)38-24-26-41(27-25-38)55-59-48(39-16-6-2-7-17-39)35-49(60-55)40-18-8-3-9-19-40/h1-36H. The van der Waals surface area contributed by atoms with Gasteiger partial charge < -0.3 is 4.57 Å². The fourth-order valence-electron chi connectivity index (χ4n) is 8.11. The summed E-state index contributed by atoms with van der Waals surface area (Å²) in [7, 11) is 0. The molecule has 0 aliphatic rings. The molecule has 0 unspecified atom stereocenters. The van der Waals surface area contributed by atoms with Gasteiger partial charge in [-0.05, 0) is 65.2 Å². The van der Waals surface area contributed by atoms with Crippen LogP contribution in [-0.2, 0) is 0 Å². The average molecular weight is 781 g/mol. The first-order chi connectivity index (χ1) is 30.2. The highest BCUT2D eigenvalue weighted by molar-refractivity contribution is 6.09. The molecule has 0 amide bonds. The molecule has 6 aromatic carbocycles. The lowest BCUT2D eigenvalue weighted by atomic mass is 10.0. The number of para-hydroxylation sites is 2. The number of hydrogen-bond donors (Lipinski definition) is 0. The molecule has 0 saturated heterocycles. The van der Waals surface area contributed by atoms with Gasteiger partial charge in [-0.15, -0.1) is 0 Å². The van der Waals surface area contributed by atoms with E-state index in [2.05, 4.69) is 162 Å². The van der Waals surface area contributed by atoms with E-state index < -0.39 is 0 Å². The summed E-state index contributed by atoms with van der Waals surface area (Å²) in [5.41, 5.74) is 15.4. The van der Waals surface area contributed by atoms with Gasteiger partial charge in [0.05, 0.1) is 45.2 Å². The monoisotopic (exact) mass is 780 g/mol. The van der Waals surface area contributed by atoms with Crippen LogP contribution in [0, 0.1) is 0 Å². The molecule has 0 radical (unpaired) electrons. The van der Waals surface area contributed by atoms with Crippen molar-refractivity contribution in [2.24, 2.45) is 0 Å². The average Bonchev–Trinajstić information content (AvgIpc) is 3.69. The fraction of sp³-hybridized carbons (Fsp3) is 0. The van der Waals surface area contributed by atoms with Crippen LogP contribution in [0.5, 0.6) is 0 Å². The van der Waals surface area contributed by atoms with Crippen LogP contribution in [0.3, 0.4) is 0 Å². The minimum atomic E-state index is 0.676. The van der Waals surface area contributed by atoms with Gasteiger partial charge in [-0.25, -0.2) is 15.0 Å². The molecule has 0 bridgehead atoms. The Kier molecular flexibility index (Phi) is 9.06. The summed E-state index contributed by atoms with van der Waals surface area (Å²) < 4.78 is 2.31. The van der Waals surface area contributed by atoms with E-state index >= 15 is 0 Å². The molecule has 0 spiro atoms. The highest BCUT2D eigenvalue weighted by Gasteiger charge is 2.16. The Morgan fingerprint density at radius 2 is 0.803 bits per heavy atom. The van der Waals surface area contributed by atoms with E-state index in [0.717, 1.165) is 89.8 Å². The van der Waals surface area contributed by atoms with Crippen molar-refractivity contribution in [2.45, 2.75) is 0 Å². The molecule has 11 rings (SSSR count). The first kappa shape index (κ1) is 35.8. The van der Waals surface area contributed by atoms with Crippen LogP contribution in [0.15, 0.2) is 219 Å². The maximum Gasteiger partial charge on any atom is 0.160 e. The van der Waals surface area contributed by atoms with Gasteiger partial charge in [-0.2, -0.15) is 0 Å². The smallest absolute Gasteiger partial charge is 0.160 e. The van der Waals surface area contributed by atoms with Crippen LogP contribution >= 0.6 is 0 Å². The number of pyridine rings is 3. The molecule has 6 heteroatoms. The number of fused-ring (bicyclic) bond motifs is 3. The molecular weight excluding hydrogens is 745 g/mol. The van der Waals surface area contributed by atoms with Crippen molar-refractivity contribution in [3.63, 3.8) is 0 Å². The number of benzene rings is 6. The Morgan fingerprint density at radius 1 is 0.295 bits per heavy atom. The Labute approximate surface area is 353 Å². The van der Waals surface area contributed by atoms with Crippen molar-refractivity contribution in [3.8, 4) is 84.6 Å². The van der Waals surface area contributed by atoms with Crippen molar-refractivity contribution < 1.29 is 0 Å². The van der Waals surface area contributed by atoms with E-state index in [1.54, 1.807) is 0 Å². The van der Waals surface area contributed by atoms with Crippen molar-refractivity contribution >= 4 is 21.8 Å². The molecule has 5 aromatic heterocycles. The van der Waals surface area contributed by atoms with E-state index in [-0.39, 0.29) is 0 Å². The molecule has 286 valence electrons. The predicted molar refractivity (Wildman–Crippen MR) is 248 cm³/mol. The van der Waals surface area contributed by atoms with Crippen LogP contribution in [0.1, 0.15) is 0 Å². The van der Waals surface area contributed by atoms with E-state index in [1.165, 1.54) is 10.8 Å². The quantitative estimate of drug-likeness (QED) is 0.154. The molecule has 0 N–H and O–H groups in total. The van der Waals surface area contributed by atoms with Gasteiger partial charge in [-0.1, -0.05) is 158 Å². The molecule has 61 heavy (non-hydrogen) atoms. The van der Waals surface area contributed by atoms with E-state index in [4.69, 9.17) is 24.9 Å². The van der Waals surface area contributed by atoms with Crippen molar-refractivity contribution in [3.05, 3.63) is 219 Å². The Bertz CT molecular complexity index is 3210. The second-order valence-electron chi connectivity index (χ2n) is 15.0. The Morgan fingerprint density at radius 3 is 1.39 bits per heavy atom. The lowest BCUT2D eigenvalue weighted by Gasteiger charge is -2.12. The second kappa shape index (κ2) is 15.4. The van der Waals surface area contributed by atoms with Crippen molar-refractivity contribution in [2.75, 3.05) is 0 Å². The number of aromatic nitrogens is 6. The molecule has 11 aromatic rings. The van der Waals surface area contributed by atoms with Gasteiger partial charge in [0.25, 0.3) is 0 Å². The highest BCUT2D eigenvalue weighted by Crippen LogP contribution is 2.35. The third-order valence-corrected chi connectivity index (χ3v) is 11.1. The van der Waals surface area contributed by atoms with Gasteiger partial charge in [0.15, 0.2) is 5.82 Å². The minimum absolute atomic E-state index is 0.676. The summed E-state index contributed by atoms with van der Waals surface area (Å²) in [6, 6.07) is 71.0. The van der Waals surface area contributed by atoms with Gasteiger partial charge in [0, 0.05) is 51.1 Å². The third-order valence-electron chi connectivity index (χ3n) is 11.1. The van der Waals surface area contributed by atoms with E-state index in [0.29, 0.717) is 5.82 Å². The van der Waals surface area contributed by atoms with Gasteiger partial charge in [0.1, 0.15) is 0 Å². The topological polar surface area (TPSA) is 69.4 Å². The molecule has 6 nitrogen and oxygen atoms in total. The largest absolute Gasteiger partial charge is 0.309 e. The van der Waals surface area contributed by atoms with Crippen LogP contribution in [0.2, 0.25) is 0 Å². The SMILES string of the molecule is c1ccc(-c2cc(-c3ccc(-c4ccc(-c5nc(-c6ccccc6)cc(-c6ccccc6)n5)cc4)cn3)nc(-c3cc(-n4c5ccccc5c5ccccc54)ccn3)c2)cc1. The predicted octanol–water partition coefficient (Wildman–Crippen LogP) is 13.4. The van der Waals surface area contributed by atoms with Gasteiger partial charge in [0.2, 0.25) is 0 Å². The molecule has 0 fully saturated rings. The summed E-state index contributed by atoms with van der Waals surface area (Å²) in [6.45, 7) is 0. The highest BCUT2D eigenvalue weighted by atomic mass is 15.0. The zero-order valence-corrected chi connectivity index (χ0v) is 33.0. The minimum Gasteiger partial charge on any atom is -0.309 e. The lowest BCUT2D eigenvalue weighted by molar-refractivity contribution is 1.15. The molecule has 0 atom stereocenters. The molecule has 5 heterocycles. The summed E-state index contributed by atoms with van der Waals surface area (Å²) in [6.07, 6.45) is 3.79. The van der Waals surface area contributed by atoms with Crippen LogP contribution in [0.4, 0.5) is 0 Å². The van der Waals surface area contributed by atoms with E-state index in [9.17, 15) is 0 Å². The zero-order chi connectivity index (χ0) is 40.5. The second-order valence-corrected chi connectivity index (χ2v) is 15.0. The summed E-state index contributed by atoms with van der Waals surface area (Å²) in [4.78, 5) is 25.1. The number of hydrogen-bond acceptors (Lipinski definition) is 5. The maximum atomic E-state index is 5.20. The normalized spacial score (nSPS) is 11.3.